The second-order valence-electron chi connectivity index (χ2n) is 5.01. The molecule has 1 amide bonds. The normalized spacial score (nSPS) is 16.5. The molecule has 98 valence electrons. The smallest absolute Gasteiger partial charge is 0.310 e. The Labute approximate surface area is 106 Å². The maximum atomic E-state index is 11.8. The summed E-state index contributed by atoms with van der Waals surface area (Å²) in [5, 5.41) is 2.70. The van der Waals surface area contributed by atoms with Crippen LogP contribution in [0, 0.1) is 12.8 Å². The van der Waals surface area contributed by atoms with Crippen LogP contribution in [0.4, 0.5) is 5.82 Å². The molecule has 1 saturated carbocycles. The number of anilines is 1. The summed E-state index contributed by atoms with van der Waals surface area (Å²) in [6.07, 6.45) is 6.53. The Hall–Kier alpha value is -1.65. The van der Waals surface area contributed by atoms with Gasteiger partial charge in [-0.2, -0.15) is 4.98 Å². The van der Waals surface area contributed by atoms with Crippen LogP contribution < -0.4 is 11.0 Å². The van der Waals surface area contributed by atoms with E-state index >= 15 is 0 Å². The first-order chi connectivity index (χ1) is 8.63. The molecule has 0 saturated heterocycles. The molecule has 0 unspecified atom stereocenters. The molecule has 0 aromatic carbocycles. The van der Waals surface area contributed by atoms with Crippen molar-refractivity contribution in [3.8, 4) is 0 Å². The second-order valence-corrected chi connectivity index (χ2v) is 5.01. The van der Waals surface area contributed by atoms with Crippen molar-refractivity contribution in [3.63, 3.8) is 0 Å². The van der Waals surface area contributed by atoms with Crippen LogP contribution in [0.5, 0.6) is 0 Å². The predicted molar refractivity (Wildman–Crippen MR) is 69.4 cm³/mol. The summed E-state index contributed by atoms with van der Waals surface area (Å²) in [4.78, 5) is 29.3. The Kier molecular flexibility index (Phi) is 4.12. The van der Waals surface area contributed by atoms with Crippen molar-refractivity contribution in [2.45, 2.75) is 45.4 Å². The molecular weight excluding hydrogens is 230 g/mol. The number of aryl methyl sites for hydroxylation is 1. The van der Waals surface area contributed by atoms with Crippen molar-refractivity contribution in [1.82, 2.24) is 9.97 Å². The topological polar surface area (TPSA) is 74.8 Å². The Bertz CT molecular complexity index is 475. The average Bonchev–Trinajstić information content (AvgIpc) is 2.28. The van der Waals surface area contributed by atoms with Gasteiger partial charge >= 0.3 is 5.69 Å². The number of nitrogens with one attached hydrogen (secondary N) is 2. The predicted octanol–water partition coefficient (Wildman–Crippen LogP) is 1.99. The van der Waals surface area contributed by atoms with Gasteiger partial charge in [0, 0.05) is 18.2 Å². The fourth-order valence-corrected chi connectivity index (χ4v) is 2.49. The lowest BCUT2D eigenvalue weighted by molar-refractivity contribution is -0.117. The van der Waals surface area contributed by atoms with E-state index < -0.39 is 5.69 Å². The number of hydrogen-bond donors (Lipinski definition) is 2. The zero-order chi connectivity index (χ0) is 13.0. The number of aromatic nitrogens is 2. The molecule has 0 bridgehead atoms. The summed E-state index contributed by atoms with van der Waals surface area (Å²) in [5.41, 5.74) is 0.269. The van der Waals surface area contributed by atoms with Gasteiger partial charge in [0.2, 0.25) is 5.91 Å². The third-order valence-corrected chi connectivity index (χ3v) is 3.35. The maximum absolute atomic E-state index is 11.8. The summed E-state index contributed by atoms with van der Waals surface area (Å²) in [7, 11) is 0. The van der Waals surface area contributed by atoms with Crippen LogP contribution in [0.3, 0.4) is 0 Å². The molecular formula is C13H19N3O2. The van der Waals surface area contributed by atoms with Crippen molar-refractivity contribution in [3.05, 3.63) is 22.2 Å². The minimum Gasteiger partial charge on any atom is -0.310 e. The number of hydrogen-bond acceptors (Lipinski definition) is 3. The number of carbonyl (C=O) groups is 1. The first-order valence-corrected chi connectivity index (χ1v) is 6.51. The Morgan fingerprint density at radius 2 is 2.17 bits per heavy atom. The lowest BCUT2D eigenvalue weighted by Crippen LogP contribution is -2.21. The van der Waals surface area contributed by atoms with Gasteiger partial charge in [-0.05, 0) is 25.7 Å². The maximum Gasteiger partial charge on any atom is 0.347 e. The SMILES string of the molecule is Cc1cc(NC(=O)CC2CCCCC2)nc(=O)[nH]1. The quantitative estimate of drug-likeness (QED) is 0.860. The average molecular weight is 249 g/mol. The number of amides is 1. The molecule has 1 aliphatic carbocycles. The molecule has 1 aromatic heterocycles. The van der Waals surface area contributed by atoms with E-state index in [0.29, 0.717) is 23.9 Å². The van der Waals surface area contributed by atoms with E-state index in [9.17, 15) is 9.59 Å². The van der Waals surface area contributed by atoms with Gasteiger partial charge in [-0.15, -0.1) is 0 Å². The first kappa shape index (κ1) is 12.8. The molecule has 5 nitrogen and oxygen atoms in total. The number of H-pyrrole nitrogens is 1. The lowest BCUT2D eigenvalue weighted by Gasteiger charge is -2.20. The van der Waals surface area contributed by atoms with Crippen LogP contribution in [0.25, 0.3) is 0 Å². The summed E-state index contributed by atoms with van der Waals surface area (Å²) >= 11 is 0. The highest BCUT2D eigenvalue weighted by Crippen LogP contribution is 2.26. The van der Waals surface area contributed by atoms with Crippen molar-refractivity contribution >= 4 is 11.7 Å². The highest BCUT2D eigenvalue weighted by Gasteiger charge is 2.17. The van der Waals surface area contributed by atoms with Crippen LogP contribution in [0.2, 0.25) is 0 Å². The number of carbonyl (C=O) groups excluding carboxylic acids is 1. The molecule has 5 heteroatoms. The van der Waals surface area contributed by atoms with Gasteiger partial charge in [0.05, 0.1) is 0 Å². The van der Waals surface area contributed by atoms with Crippen molar-refractivity contribution in [1.29, 1.82) is 0 Å². The monoisotopic (exact) mass is 249 g/mol. The van der Waals surface area contributed by atoms with Crippen molar-refractivity contribution < 1.29 is 4.79 Å². The van der Waals surface area contributed by atoms with E-state index in [2.05, 4.69) is 15.3 Å². The fourth-order valence-electron chi connectivity index (χ4n) is 2.49. The van der Waals surface area contributed by atoms with E-state index in [4.69, 9.17) is 0 Å². The molecule has 1 aromatic rings. The van der Waals surface area contributed by atoms with Gasteiger partial charge in [0.1, 0.15) is 5.82 Å². The largest absolute Gasteiger partial charge is 0.347 e. The van der Waals surface area contributed by atoms with Crippen LogP contribution >= 0.6 is 0 Å². The number of aromatic amines is 1. The number of nitrogens with zero attached hydrogens (tertiary/aromatic N) is 1. The summed E-state index contributed by atoms with van der Waals surface area (Å²) < 4.78 is 0. The van der Waals surface area contributed by atoms with Crippen LogP contribution in [0.1, 0.15) is 44.2 Å². The lowest BCUT2D eigenvalue weighted by atomic mass is 9.87. The molecule has 1 heterocycles. The van der Waals surface area contributed by atoms with Gasteiger partial charge in [-0.25, -0.2) is 4.79 Å². The fraction of sp³-hybridized carbons (Fsp3) is 0.615. The standard InChI is InChI=1S/C13H19N3O2/c1-9-7-11(16-13(18)14-9)15-12(17)8-10-5-3-2-4-6-10/h7,10H,2-6,8H2,1H3,(H2,14,15,16,17,18). The van der Waals surface area contributed by atoms with E-state index in [1.54, 1.807) is 13.0 Å². The van der Waals surface area contributed by atoms with Crippen molar-refractivity contribution in [2.75, 3.05) is 5.32 Å². The zero-order valence-electron chi connectivity index (χ0n) is 10.7. The third-order valence-electron chi connectivity index (χ3n) is 3.35. The van der Waals surface area contributed by atoms with Gasteiger partial charge in [0.15, 0.2) is 0 Å². The molecule has 0 radical (unpaired) electrons. The molecule has 1 aliphatic rings. The third kappa shape index (κ3) is 3.68. The Morgan fingerprint density at radius 3 is 2.83 bits per heavy atom. The summed E-state index contributed by atoms with van der Waals surface area (Å²) in [6.45, 7) is 1.76. The van der Waals surface area contributed by atoms with E-state index in [0.717, 1.165) is 12.8 Å². The molecule has 1 fully saturated rings. The molecule has 2 rings (SSSR count). The van der Waals surface area contributed by atoms with Crippen LogP contribution in [0.15, 0.2) is 10.9 Å². The van der Waals surface area contributed by atoms with Crippen molar-refractivity contribution in [2.24, 2.45) is 5.92 Å². The minimum atomic E-state index is -0.428. The molecule has 0 aliphatic heterocycles. The number of rotatable bonds is 3. The highest BCUT2D eigenvalue weighted by molar-refractivity contribution is 5.89. The minimum absolute atomic E-state index is 0.0422. The van der Waals surface area contributed by atoms with Crippen LogP contribution in [-0.4, -0.2) is 15.9 Å². The highest BCUT2D eigenvalue weighted by atomic mass is 16.2. The molecule has 0 spiro atoms. The van der Waals surface area contributed by atoms with Crippen LogP contribution in [-0.2, 0) is 4.79 Å². The van der Waals surface area contributed by atoms with E-state index in [1.807, 2.05) is 0 Å². The Balaban J connectivity index is 1.91. The van der Waals surface area contributed by atoms with Gasteiger partial charge < -0.3 is 10.3 Å². The van der Waals surface area contributed by atoms with E-state index in [-0.39, 0.29) is 5.91 Å². The van der Waals surface area contributed by atoms with E-state index in [1.165, 1.54) is 19.3 Å². The molecule has 18 heavy (non-hydrogen) atoms. The van der Waals surface area contributed by atoms with Gasteiger partial charge in [0.25, 0.3) is 0 Å². The van der Waals surface area contributed by atoms with Gasteiger partial charge in [-0.1, -0.05) is 19.3 Å². The summed E-state index contributed by atoms with van der Waals surface area (Å²) in [6, 6.07) is 1.67. The second kappa shape index (κ2) is 5.80. The first-order valence-electron chi connectivity index (χ1n) is 6.51. The molecule has 2 N–H and O–H groups in total. The summed E-state index contributed by atoms with van der Waals surface area (Å²) in [5.74, 6) is 0.790. The Morgan fingerprint density at radius 1 is 1.44 bits per heavy atom. The van der Waals surface area contributed by atoms with Gasteiger partial charge in [-0.3, -0.25) is 4.79 Å². The molecule has 0 atom stereocenters. The zero-order valence-corrected chi connectivity index (χ0v) is 10.7.